The Morgan fingerprint density at radius 1 is 1.40 bits per heavy atom. The first-order chi connectivity index (χ1) is 6.99. The van der Waals surface area contributed by atoms with Gasteiger partial charge in [0.05, 0.1) is 14.2 Å². The van der Waals surface area contributed by atoms with Crippen molar-refractivity contribution in [2.75, 3.05) is 32.5 Å². The van der Waals surface area contributed by atoms with E-state index < -0.39 is 0 Å². The predicted molar refractivity (Wildman–Crippen MR) is 80.6 cm³/mol. The van der Waals surface area contributed by atoms with Crippen molar-refractivity contribution < 1.29 is 12.9 Å². The minimum Gasteiger partial charge on any atom is -0.330 e. The molecule has 0 aromatic carbocycles. The van der Waals surface area contributed by atoms with Crippen LogP contribution in [0.25, 0.3) is 0 Å². The molecule has 3 nitrogen and oxygen atoms in total. The highest BCUT2D eigenvalue weighted by molar-refractivity contribution is 8.26. The first-order valence-electron chi connectivity index (χ1n) is 3.59. The maximum Gasteiger partial charge on any atom is 0.0506 e. The highest BCUT2D eigenvalue weighted by Crippen LogP contribution is 1.80. The van der Waals surface area contributed by atoms with Gasteiger partial charge in [0.2, 0.25) is 0 Å². The van der Waals surface area contributed by atoms with Crippen LogP contribution in [0.4, 0.5) is 0 Å². The molecule has 0 saturated heterocycles. The summed E-state index contributed by atoms with van der Waals surface area (Å²) in [5.74, 6) is 0.784. The fourth-order valence-corrected chi connectivity index (χ4v) is 0.781. The van der Waals surface area contributed by atoms with E-state index in [-0.39, 0.29) is 19.5 Å². The Balaban J connectivity index is -0.000000158. The van der Waals surface area contributed by atoms with Gasteiger partial charge in [-0.25, -0.2) is 0 Å². The lowest BCUT2D eigenvalue weighted by Crippen LogP contribution is -1.91. The van der Waals surface area contributed by atoms with Crippen LogP contribution in [0.15, 0.2) is 12.7 Å². The smallest absolute Gasteiger partial charge is 0.0506 e. The lowest BCUT2D eigenvalue weighted by Gasteiger charge is -1.92. The van der Waals surface area contributed by atoms with Crippen LogP contribution >= 0.6 is 12.0 Å². The third kappa shape index (κ3) is 39.5. The lowest BCUT2D eigenvalue weighted by molar-refractivity contribution is 0.485. The van der Waals surface area contributed by atoms with Crippen molar-refractivity contribution in [3.63, 3.8) is 0 Å². The molecule has 1 N–H and O–H groups in total. The van der Waals surface area contributed by atoms with E-state index in [1.54, 1.807) is 26.6 Å². The van der Waals surface area contributed by atoms with Crippen molar-refractivity contribution in [2.45, 2.75) is 0 Å². The van der Waals surface area contributed by atoms with E-state index in [0.29, 0.717) is 0 Å². The third-order valence-corrected chi connectivity index (χ3v) is 3.25. The average Bonchev–Trinajstić information content (AvgIpc) is 2.20. The van der Waals surface area contributed by atoms with Crippen molar-refractivity contribution in [3.8, 4) is 0 Å². The molecule has 0 rings (SSSR count). The zero-order valence-corrected chi connectivity index (χ0v) is 13.4. The molecular formula is C7H18O3S5. The Bertz CT molecular complexity index is 174. The molecule has 0 aliphatic carbocycles. The van der Waals surface area contributed by atoms with Crippen molar-refractivity contribution >= 4 is 53.9 Å². The molecule has 0 bridgehead atoms. The monoisotopic (exact) mass is 310 g/mol. The Labute approximate surface area is 111 Å². The Hall–Kier alpha value is 1.11. The van der Waals surface area contributed by atoms with Crippen LogP contribution in [-0.2, 0) is 50.2 Å². The Morgan fingerprint density at radius 2 is 1.73 bits per heavy atom. The van der Waals surface area contributed by atoms with Crippen molar-refractivity contribution in [3.05, 3.63) is 12.7 Å². The first kappa shape index (κ1) is 21.4. The number of hydrogen-bond acceptors (Lipinski definition) is 6. The van der Waals surface area contributed by atoms with Gasteiger partial charge in [-0.1, -0.05) is 6.08 Å². The van der Waals surface area contributed by atoms with E-state index in [4.69, 9.17) is 19.9 Å². The average molecular weight is 311 g/mol. The largest absolute Gasteiger partial charge is 0.330 e. The minimum absolute atomic E-state index is 0.239. The van der Waals surface area contributed by atoms with Gasteiger partial charge in [-0.3, -0.25) is 0 Å². The molecule has 0 aliphatic heterocycles. The van der Waals surface area contributed by atoms with Gasteiger partial charge < -0.3 is 12.9 Å². The molecule has 94 valence electrons. The van der Waals surface area contributed by atoms with Gasteiger partial charge in [0, 0.05) is 37.7 Å². The van der Waals surface area contributed by atoms with Gasteiger partial charge >= 0.3 is 0 Å². The van der Waals surface area contributed by atoms with Crippen molar-refractivity contribution in [1.29, 1.82) is 0 Å². The second kappa shape index (κ2) is 20.5. The van der Waals surface area contributed by atoms with Crippen LogP contribution in [0.2, 0.25) is 0 Å². The zero-order valence-electron chi connectivity index (χ0n) is 9.30. The SMILES string of the molecule is C=CCS(=S)OC.COS(C)=S.CSO. The molecule has 0 saturated carbocycles. The summed E-state index contributed by atoms with van der Waals surface area (Å²) in [4.78, 5) is 0. The van der Waals surface area contributed by atoms with Gasteiger partial charge in [-0.05, 0) is 34.4 Å². The number of rotatable bonds is 4. The molecule has 0 amide bonds. The summed E-state index contributed by atoms with van der Waals surface area (Å²) in [5.41, 5.74) is 0. The zero-order chi connectivity index (χ0) is 12.7. The van der Waals surface area contributed by atoms with E-state index in [1.165, 1.54) is 0 Å². The molecule has 8 heteroatoms. The summed E-state index contributed by atoms with van der Waals surface area (Å²) in [5, 5.41) is 0. The summed E-state index contributed by atoms with van der Waals surface area (Å²) in [6, 6.07) is 0. The van der Waals surface area contributed by atoms with E-state index in [1.807, 2.05) is 6.26 Å². The maximum atomic E-state index is 7.49. The summed E-state index contributed by atoms with van der Waals surface area (Å²) in [6.07, 6.45) is 5.20. The van der Waals surface area contributed by atoms with E-state index in [9.17, 15) is 0 Å². The van der Waals surface area contributed by atoms with Gasteiger partial charge in [-0.15, -0.1) is 6.58 Å². The van der Waals surface area contributed by atoms with Gasteiger partial charge in [0.1, 0.15) is 0 Å². The summed E-state index contributed by atoms with van der Waals surface area (Å²) in [7, 11) is 2.67. The normalized spacial score (nSPS) is 12.3. The van der Waals surface area contributed by atoms with Crippen molar-refractivity contribution in [2.24, 2.45) is 0 Å². The maximum absolute atomic E-state index is 7.49. The Morgan fingerprint density at radius 3 is 1.80 bits per heavy atom. The fourth-order valence-electron chi connectivity index (χ4n) is 0.164. The predicted octanol–water partition coefficient (Wildman–Crippen LogP) is 1.89. The van der Waals surface area contributed by atoms with Crippen molar-refractivity contribution in [1.82, 2.24) is 0 Å². The molecular weight excluding hydrogens is 292 g/mol. The van der Waals surface area contributed by atoms with E-state index in [2.05, 4.69) is 22.0 Å². The Kier molecular flexibility index (Phi) is 29.3. The molecule has 0 spiro atoms. The quantitative estimate of drug-likeness (QED) is 0.631. The van der Waals surface area contributed by atoms with E-state index >= 15 is 0 Å². The molecule has 0 fully saturated rings. The fraction of sp³-hybridized carbons (Fsp3) is 0.714. The van der Waals surface area contributed by atoms with Gasteiger partial charge in [0.25, 0.3) is 0 Å². The van der Waals surface area contributed by atoms with Gasteiger partial charge in [-0.2, -0.15) is 0 Å². The van der Waals surface area contributed by atoms with Crippen LogP contribution < -0.4 is 0 Å². The standard InChI is InChI=1S/C4H8OS2.C2H6OS2.CH4OS/c1-3-4-7(6)5-2;1-3-5(2)4;1-3-2/h3H,1,4H2,2H3;1-2H3;2H,1H3. The van der Waals surface area contributed by atoms with Crippen LogP contribution in [0.3, 0.4) is 0 Å². The summed E-state index contributed by atoms with van der Waals surface area (Å²) >= 11 is 10.1. The lowest BCUT2D eigenvalue weighted by atomic mass is 10.8. The van der Waals surface area contributed by atoms with Crippen LogP contribution in [0.1, 0.15) is 0 Å². The third-order valence-electron chi connectivity index (χ3n) is 0.675. The molecule has 0 aromatic rings. The highest BCUT2D eigenvalue weighted by atomic mass is 32.8. The molecule has 2 atom stereocenters. The summed E-state index contributed by atoms with van der Waals surface area (Å²) in [6.45, 7) is 3.51. The number of hydrogen-bond donors (Lipinski definition) is 1. The molecule has 2 unspecified atom stereocenters. The highest BCUT2D eigenvalue weighted by Gasteiger charge is 1.81. The van der Waals surface area contributed by atoms with Crippen LogP contribution in [0, 0.1) is 0 Å². The molecule has 0 aliphatic rings. The second-order valence-corrected chi connectivity index (χ2v) is 6.98. The second-order valence-electron chi connectivity index (χ2n) is 1.68. The molecule has 15 heavy (non-hydrogen) atoms. The molecule has 0 aromatic heterocycles. The first-order valence-corrected chi connectivity index (χ1v) is 9.50. The minimum atomic E-state index is -0.312. The van der Waals surface area contributed by atoms with E-state index in [0.717, 1.165) is 17.8 Å². The van der Waals surface area contributed by atoms with Crippen LogP contribution in [-0.4, -0.2) is 37.0 Å². The topological polar surface area (TPSA) is 38.7 Å². The van der Waals surface area contributed by atoms with Gasteiger partial charge in [0.15, 0.2) is 0 Å². The van der Waals surface area contributed by atoms with Crippen LogP contribution in [0.5, 0.6) is 0 Å². The molecule has 0 heterocycles. The molecule has 0 radical (unpaired) electrons. The summed E-state index contributed by atoms with van der Waals surface area (Å²) < 4.78 is 16.8.